The molecule has 1 N–H and O–H groups in total. The van der Waals surface area contributed by atoms with E-state index in [0.29, 0.717) is 6.54 Å². The molecule has 1 aromatic carbocycles. The van der Waals surface area contributed by atoms with Crippen LogP contribution >= 0.6 is 0 Å². The van der Waals surface area contributed by atoms with Gasteiger partial charge >= 0.3 is 0 Å². The Kier molecular flexibility index (Phi) is 3.57. The monoisotopic (exact) mass is 355 g/mol. The summed E-state index contributed by atoms with van der Waals surface area (Å²) in [5.74, 6) is 0.746. The third-order valence-corrected chi connectivity index (χ3v) is 4.53. The number of para-hydroxylation sites is 1. The van der Waals surface area contributed by atoms with Crippen molar-refractivity contribution in [2.45, 2.75) is 13.5 Å². The zero-order valence-corrected chi connectivity index (χ0v) is 14.7. The molecule has 0 saturated heterocycles. The van der Waals surface area contributed by atoms with E-state index in [1.165, 1.54) is 0 Å². The van der Waals surface area contributed by atoms with Crippen LogP contribution in [-0.4, -0.2) is 29.1 Å². The van der Waals surface area contributed by atoms with Gasteiger partial charge in [-0.2, -0.15) is 5.10 Å². The molecule has 5 rings (SSSR count). The molecule has 0 saturated carbocycles. The fourth-order valence-electron chi connectivity index (χ4n) is 3.21. The highest BCUT2D eigenvalue weighted by Crippen LogP contribution is 2.22. The van der Waals surface area contributed by atoms with Crippen molar-refractivity contribution in [3.8, 4) is 5.69 Å². The first-order valence-corrected chi connectivity index (χ1v) is 8.71. The molecule has 27 heavy (non-hydrogen) atoms. The van der Waals surface area contributed by atoms with E-state index in [1.54, 1.807) is 12.5 Å². The average molecular weight is 355 g/mol. The maximum absolute atomic E-state index is 4.70. The summed E-state index contributed by atoms with van der Waals surface area (Å²) in [7, 11) is 0. The van der Waals surface area contributed by atoms with E-state index in [9.17, 15) is 0 Å². The number of hydrogen-bond donors (Lipinski definition) is 1. The number of imidazole rings is 1. The van der Waals surface area contributed by atoms with E-state index < -0.39 is 0 Å². The molecule has 0 atom stereocenters. The zero-order valence-electron chi connectivity index (χ0n) is 14.7. The predicted molar refractivity (Wildman–Crippen MR) is 104 cm³/mol. The molecule has 0 spiro atoms. The third-order valence-electron chi connectivity index (χ3n) is 4.53. The van der Waals surface area contributed by atoms with Crippen LogP contribution in [0.15, 0.2) is 67.4 Å². The van der Waals surface area contributed by atoms with Gasteiger partial charge in [0.05, 0.1) is 29.5 Å². The first kappa shape index (κ1) is 15.5. The van der Waals surface area contributed by atoms with Gasteiger partial charge in [-0.15, -0.1) is 0 Å². The lowest BCUT2D eigenvalue weighted by atomic mass is 10.3. The van der Waals surface area contributed by atoms with E-state index in [0.717, 1.165) is 39.4 Å². The summed E-state index contributed by atoms with van der Waals surface area (Å²) in [6.07, 6.45) is 7.38. The largest absolute Gasteiger partial charge is 0.364 e. The van der Waals surface area contributed by atoms with Crippen molar-refractivity contribution in [3.05, 3.63) is 78.6 Å². The molecule has 0 aliphatic rings. The normalized spacial score (nSPS) is 11.3. The Hall–Kier alpha value is -3.74. The van der Waals surface area contributed by atoms with Crippen molar-refractivity contribution >= 4 is 22.5 Å². The molecule has 7 heteroatoms. The maximum Gasteiger partial charge on any atom is 0.168 e. The number of pyridine rings is 1. The van der Waals surface area contributed by atoms with E-state index in [4.69, 9.17) is 4.98 Å². The van der Waals surface area contributed by atoms with Gasteiger partial charge in [-0.3, -0.25) is 0 Å². The fourth-order valence-corrected chi connectivity index (χ4v) is 3.21. The van der Waals surface area contributed by atoms with Crippen LogP contribution in [0, 0.1) is 6.92 Å². The molecule has 0 unspecified atom stereocenters. The Bertz CT molecular complexity index is 1240. The number of nitrogens with zero attached hydrogens (tertiary/aromatic N) is 6. The molecular formula is C20H17N7. The van der Waals surface area contributed by atoms with E-state index in [1.807, 2.05) is 57.9 Å². The van der Waals surface area contributed by atoms with Crippen LogP contribution in [0.1, 0.15) is 11.3 Å². The highest BCUT2D eigenvalue weighted by molar-refractivity contribution is 5.87. The number of aryl methyl sites for hydroxylation is 1. The molecule has 0 aliphatic carbocycles. The third kappa shape index (κ3) is 2.69. The molecule has 7 nitrogen and oxygen atoms in total. The van der Waals surface area contributed by atoms with Gasteiger partial charge in [-0.05, 0) is 30.7 Å². The lowest BCUT2D eigenvalue weighted by molar-refractivity contribution is 0.895. The van der Waals surface area contributed by atoms with E-state index >= 15 is 0 Å². The highest BCUT2D eigenvalue weighted by atomic mass is 15.3. The van der Waals surface area contributed by atoms with Gasteiger partial charge in [0.1, 0.15) is 17.8 Å². The zero-order chi connectivity index (χ0) is 18.2. The minimum atomic E-state index is 0.573. The minimum Gasteiger partial charge on any atom is -0.364 e. The number of anilines is 1. The Morgan fingerprint density at radius 2 is 1.89 bits per heavy atom. The Labute approximate surface area is 155 Å². The molecule has 4 heterocycles. The summed E-state index contributed by atoms with van der Waals surface area (Å²) in [5, 5.41) is 8.73. The number of nitrogens with one attached hydrogen (secondary N) is 1. The van der Waals surface area contributed by atoms with E-state index in [-0.39, 0.29) is 0 Å². The van der Waals surface area contributed by atoms with Gasteiger partial charge in [0, 0.05) is 12.4 Å². The average Bonchev–Trinajstić information content (AvgIpc) is 3.32. The van der Waals surface area contributed by atoms with Gasteiger partial charge in [0.2, 0.25) is 0 Å². The molecular weight excluding hydrogens is 338 g/mol. The van der Waals surface area contributed by atoms with Crippen LogP contribution < -0.4 is 5.32 Å². The number of benzene rings is 1. The smallest absolute Gasteiger partial charge is 0.168 e. The van der Waals surface area contributed by atoms with Crippen molar-refractivity contribution in [1.29, 1.82) is 0 Å². The minimum absolute atomic E-state index is 0.573. The first-order valence-electron chi connectivity index (χ1n) is 8.71. The fraction of sp³-hybridized carbons (Fsp3) is 0.100. The number of aromatic nitrogens is 6. The number of fused-ring (bicyclic) bond motifs is 2. The van der Waals surface area contributed by atoms with Crippen molar-refractivity contribution in [1.82, 2.24) is 29.1 Å². The van der Waals surface area contributed by atoms with Crippen LogP contribution in [-0.2, 0) is 6.54 Å². The molecule has 4 aromatic heterocycles. The summed E-state index contributed by atoms with van der Waals surface area (Å²) >= 11 is 0. The predicted octanol–water partition coefficient (Wildman–Crippen LogP) is 3.38. The number of hydrogen-bond acceptors (Lipinski definition) is 5. The Morgan fingerprint density at radius 1 is 1.00 bits per heavy atom. The van der Waals surface area contributed by atoms with Crippen LogP contribution in [0.4, 0.5) is 5.82 Å². The molecule has 0 bridgehead atoms. The molecule has 0 radical (unpaired) electrons. The highest BCUT2D eigenvalue weighted by Gasteiger charge is 2.11. The second-order valence-corrected chi connectivity index (χ2v) is 6.36. The molecule has 132 valence electrons. The maximum atomic E-state index is 4.70. The lowest BCUT2D eigenvalue weighted by Crippen LogP contribution is -2.03. The SMILES string of the molecule is Cc1cccn2cc(CNc3ncnc4c3cnn4-c3ccccc3)nc12. The molecule has 0 fully saturated rings. The second-order valence-electron chi connectivity index (χ2n) is 6.36. The molecule has 0 amide bonds. The van der Waals surface area contributed by atoms with Gasteiger partial charge < -0.3 is 9.72 Å². The quantitative estimate of drug-likeness (QED) is 0.535. The first-order chi connectivity index (χ1) is 13.3. The Morgan fingerprint density at radius 3 is 2.74 bits per heavy atom. The molecule has 5 aromatic rings. The number of rotatable bonds is 4. The van der Waals surface area contributed by atoms with Crippen molar-refractivity contribution < 1.29 is 0 Å². The van der Waals surface area contributed by atoms with Crippen LogP contribution in [0.2, 0.25) is 0 Å². The van der Waals surface area contributed by atoms with Crippen molar-refractivity contribution in [2.75, 3.05) is 5.32 Å². The van der Waals surface area contributed by atoms with Gasteiger partial charge in [-0.1, -0.05) is 24.3 Å². The standard InChI is InChI=1S/C20H17N7/c1-14-6-5-9-26-12-15(25-19(14)26)10-21-18-17-11-24-27(20(17)23-13-22-18)16-7-3-2-4-8-16/h2-9,11-13H,10H2,1H3,(H,21,22,23). The summed E-state index contributed by atoms with van der Waals surface area (Å²) in [5.41, 5.74) is 4.81. The van der Waals surface area contributed by atoms with Crippen molar-refractivity contribution in [3.63, 3.8) is 0 Å². The Balaban J connectivity index is 1.46. The van der Waals surface area contributed by atoms with Crippen LogP contribution in [0.5, 0.6) is 0 Å². The van der Waals surface area contributed by atoms with Gasteiger partial charge in [-0.25, -0.2) is 19.6 Å². The van der Waals surface area contributed by atoms with Crippen LogP contribution in [0.25, 0.3) is 22.4 Å². The van der Waals surface area contributed by atoms with Gasteiger partial charge in [0.15, 0.2) is 5.65 Å². The topological polar surface area (TPSA) is 72.9 Å². The van der Waals surface area contributed by atoms with Crippen LogP contribution in [0.3, 0.4) is 0 Å². The van der Waals surface area contributed by atoms with Crippen molar-refractivity contribution in [2.24, 2.45) is 0 Å². The van der Waals surface area contributed by atoms with Gasteiger partial charge in [0.25, 0.3) is 0 Å². The summed E-state index contributed by atoms with van der Waals surface area (Å²) in [6, 6.07) is 14.0. The summed E-state index contributed by atoms with van der Waals surface area (Å²) in [6.45, 7) is 2.63. The molecule has 0 aliphatic heterocycles. The summed E-state index contributed by atoms with van der Waals surface area (Å²) < 4.78 is 3.85. The van der Waals surface area contributed by atoms with E-state index in [2.05, 4.69) is 33.4 Å². The second kappa shape index (κ2) is 6.21. The summed E-state index contributed by atoms with van der Waals surface area (Å²) in [4.78, 5) is 13.5. The lowest BCUT2D eigenvalue weighted by Gasteiger charge is -2.05.